The van der Waals surface area contributed by atoms with Crippen LogP contribution in [0.15, 0.2) is 48.5 Å². The van der Waals surface area contributed by atoms with Crippen molar-refractivity contribution in [3.63, 3.8) is 0 Å². The number of hydrogen-bond acceptors (Lipinski definition) is 4. The number of nitro groups is 1. The van der Waals surface area contributed by atoms with E-state index in [-0.39, 0.29) is 17.5 Å². The highest BCUT2D eigenvalue weighted by molar-refractivity contribution is 6.02. The number of hydrogen-bond donors (Lipinski definition) is 2. The lowest BCUT2D eigenvalue weighted by molar-refractivity contribution is -0.384. The number of rotatable bonds is 6. The van der Waals surface area contributed by atoms with E-state index >= 15 is 0 Å². The molecule has 2 aromatic rings. The highest BCUT2D eigenvalue weighted by Gasteiger charge is 2.25. The van der Waals surface area contributed by atoms with Crippen LogP contribution in [0.5, 0.6) is 0 Å². The van der Waals surface area contributed by atoms with E-state index in [1.165, 1.54) is 18.2 Å². The highest BCUT2D eigenvalue weighted by atomic mass is 16.6. The van der Waals surface area contributed by atoms with Gasteiger partial charge >= 0.3 is 0 Å². The second-order valence-electron chi connectivity index (χ2n) is 6.31. The summed E-state index contributed by atoms with van der Waals surface area (Å²) in [6.07, 6.45) is 0. The van der Waals surface area contributed by atoms with E-state index in [0.29, 0.717) is 11.3 Å². The van der Waals surface area contributed by atoms with Gasteiger partial charge in [-0.05, 0) is 30.5 Å². The molecule has 136 valence electrons. The van der Waals surface area contributed by atoms with Gasteiger partial charge in [-0.1, -0.05) is 38.1 Å². The van der Waals surface area contributed by atoms with Gasteiger partial charge in [-0.2, -0.15) is 0 Å². The molecule has 0 aliphatic heterocycles. The number of non-ortho nitro benzene ring substituents is 1. The van der Waals surface area contributed by atoms with Gasteiger partial charge in [0.1, 0.15) is 6.04 Å². The Morgan fingerprint density at radius 3 is 2.38 bits per heavy atom. The van der Waals surface area contributed by atoms with Crippen LogP contribution in [-0.2, 0) is 4.79 Å². The van der Waals surface area contributed by atoms with Crippen molar-refractivity contribution in [2.24, 2.45) is 5.92 Å². The van der Waals surface area contributed by atoms with Crippen LogP contribution >= 0.6 is 0 Å². The molecule has 0 bridgehead atoms. The number of nitrogens with one attached hydrogen (secondary N) is 2. The fourth-order valence-electron chi connectivity index (χ4n) is 2.50. The van der Waals surface area contributed by atoms with E-state index in [4.69, 9.17) is 0 Å². The maximum absolute atomic E-state index is 12.6. The molecule has 0 aliphatic carbocycles. The summed E-state index contributed by atoms with van der Waals surface area (Å²) < 4.78 is 0. The second kappa shape index (κ2) is 8.24. The molecular formula is C19H21N3O4. The van der Waals surface area contributed by atoms with Crippen LogP contribution in [0.1, 0.15) is 29.8 Å². The fraction of sp³-hybridized carbons (Fsp3) is 0.263. The molecule has 1 unspecified atom stereocenters. The summed E-state index contributed by atoms with van der Waals surface area (Å²) in [5, 5.41) is 16.2. The highest BCUT2D eigenvalue weighted by Crippen LogP contribution is 2.18. The van der Waals surface area contributed by atoms with Gasteiger partial charge in [-0.25, -0.2) is 0 Å². The molecule has 0 saturated heterocycles. The summed E-state index contributed by atoms with van der Waals surface area (Å²) in [6.45, 7) is 5.45. The Morgan fingerprint density at radius 2 is 1.77 bits per heavy atom. The van der Waals surface area contributed by atoms with Crippen molar-refractivity contribution in [1.29, 1.82) is 0 Å². The molecule has 0 fully saturated rings. The van der Waals surface area contributed by atoms with Gasteiger partial charge in [0.15, 0.2) is 0 Å². The van der Waals surface area contributed by atoms with Crippen LogP contribution in [0.2, 0.25) is 0 Å². The Labute approximate surface area is 151 Å². The lowest BCUT2D eigenvalue weighted by atomic mass is 10.0. The third kappa shape index (κ3) is 4.66. The Morgan fingerprint density at radius 1 is 1.08 bits per heavy atom. The first-order valence-electron chi connectivity index (χ1n) is 8.21. The van der Waals surface area contributed by atoms with E-state index in [0.717, 1.165) is 5.56 Å². The molecule has 0 aromatic heterocycles. The standard InChI is InChI=1S/C19H21N3O4/c1-12(2)17(21-18(23)16-10-5-4-7-13(16)3)19(24)20-14-8-6-9-15(11-14)22(25)26/h4-12,17H,1-3H3,(H,20,24)(H,21,23). The molecule has 2 aromatic carbocycles. The predicted octanol–water partition coefficient (Wildman–Crippen LogP) is 3.30. The van der Waals surface area contributed by atoms with Gasteiger partial charge in [0.25, 0.3) is 11.6 Å². The first kappa shape index (κ1) is 19.1. The summed E-state index contributed by atoms with van der Waals surface area (Å²) >= 11 is 0. The summed E-state index contributed by atoms with van der Waals surface area (Å²) in [6, 6.07) is 12.0. The molecule has 26 heavy (non-hydrogen) atoms. The van der Waals surface area contributed by atoms with Crippen LogP contribution in [0, 0.1) is 23.0 Å². The van der Waals surface area contributed by atoms with Crippen molar-refractivity contribution >= 4 is 23.2 Å². The number of amides is 2. The maximum atomic E-state index is 12.6. The monoisotopic (exact) mass is 355 g/mol. The summed E-state index contributed by atoms with van der Waals surface area (Å²) in [4.78, 5) is 35.4. The van der Waals surface area contributed by atoms with Gasteiger partial charge in [0.05, 0.1) is 4.92 Å². The molecule has 2 rings (SSSR count). The molecule has 0 heterocycles. The molecule has 0 aliphatic rings. The SMILES string of the molecule is Cc1ccccc1C(=O)NC(C(=O)Nc1cccc([N+](=O)[O-])c1)C(C)C. The zero-order chi connectivity index (χ0) is 19.3. The average Bonchev–Trinajstić information content (AvgIpc) is 2.59. The quantitative estimate of drug-likeness (QED) is 0.613. The van der Waals surface area contributed by atoms with E-state index in [1.54, 1.807) is 18.2 Å². The van der Waals surface area contributed by atoms with Crippen molar-refractivity contribution in [2.75, 3.05) is 5.32 Å². The van der Waals surface area contributed by atoms with Gasteiger partial charge in [-0.3, -0.25) is 19.7 Å². The molecule has 2 N–H and O–H groups in total. The third-order valence-electron chi connectivity index (χ3n) is 3.95. The summed E-state index contributed by atoms with van der Waals surface area (Å²) in [5.74, 6) is -0.930. The Balaban J connectivity index is 2.15. The minimum atomic E-state index is -0.777. The molecule has 0 spiro atoms. The largest absolute Gasteiger partial charge is 0.340 e. The number of carbonyl (C=O) groups excluding carboxylic acids is 2. The minimum absolute atomic E-state index is 0.118. The normalized spacial score (nSPS) is 11.7. The smallest absolute Gasteiger partial charge is 0.271 e. The molecule has 0 saturated carbocycles. The Bertz CT molecular complexity index is 833. The Kier molecular flexibility index (Phi) is 6.06. The van der Waals surface area contributed by atoms with E-state index in [9.17, 15) is 19.7 Å². The summed E-state index contributed by atoms with van der Waals surface area (Å²) in [7, 11) is 0. The van der Waals surface area contributed by atoms with E-state index < -0.39 is 16.9 Å². The van der Waals surface area contributed by atoms with Crippen LogP contribution < -0.4 is 10.6 Å². The van der Waals surface area contributed by atoms with Gasteiger partial charge in [0.2, 0.25) is 5.91 Å². The lowest BCUT2D eigenvalue weighted by Crippen LogP contribution is -2.47. The molecule has 2 amide bonds. The van der Waals surface area contributed by atoms with Crippen LogP contribution in [0.25, 0.3) is 0 Å². The zero-order valence-electron chi connectivity index (χ0n) is 14.9. The number of aryl methyl sites for hydroxylation is 1. The second-order valence-corrected chi connectivity index (χ2v) is 6.31. The van der Waals surface area contributed by atoms with Crippen molar-refractivity contribution in [3.8, 4) is 0 Å². The first-order valence-corrected chi connectivity index (χ1v) is 8.21. The lowest BCUT2D eigenvalue weighted by Gasteiger charge is -2.22. The van der Waals surface area contributed by atoms with E-state index in [1.807, 2.05) is 32.9 Å². The predicted molar refractivity (Wildman–Crippen MR) is 99.0 cm³/mol. The van der Waals surface area contributed by atoms with Crippen molar-refractivity contribution in [1.82, 2.24) is 5.32 Å². The molecule has 1 atom stereocenters. The molecule has 7 heteroatoms. The van der Waals surface area contributed by atoms with Crippen molar-refractivity contribution in [2.45, 2.75) is 26.8 Å². The van der Waals surface area contributed by atoms with Crippen LogP contribution in [0.3, 0.4) is 0 Å². The molecule has 0 radical (unpaired) electrons. The average molecular weight is 355 g/mol. The number of carbonyl (C=O) groups is 2. The topological polar surface area (TPSA) is 101 Å². The van der Waals surface area contributed by atoms with E-state index in [2.05, 4.69) is 10.6 Å². The van der Waals surface area contributed by atoms with Crippen molar-refractivity contribution < 1.29 is 14.5 Å². The summed E-state index contributed by atoms with van der Waals surface area (Å²) in [5.41, 5.74) is 1.50. The number of anilines is 1. The van der Waals surface area contributed by atoms with Crippen molar-refractivity contribution in [3.05, 3.63) is 69.8 Å². The zero-order valence-corrected chi connectivity index (χ0v) is 14.9. The number of nitro benzene ring substituents is 1. The Hall–Kier alpha value is -3.22. The van der Waals surface area contributed by atoms with Crippen LogP contribution in [0.4, 0.5) is 11.4 Å². The molecule has 7 nitrogen and oxygen atoms in total. The number of benzene rings is 2. The van der Waals surface area contributed by atoms with Gasteiger partial charge in [-0.15, -0.1) is 0 Å². The minimum Gasteiger partial charge on any atom is -0.340 e. The van der Waals surface area contributed by atoms with Gasteiger partial charge < -0.3 is 10.6 Å². The number of nitrogens with zero attached hydrogens (tertiary/aromatic N) is 1. The maximum Gasteiger partial charge on any atom is 0.271 e. The third-order valence-corrected chi connectivity index (χ3v) is 3.95. The fourth-order valence-corrected chi connectivity index (χ4v) is 2.50. The molecular weight excluding hydrogens is 334 g/mol. The van der Waals surface area contributed by atoms with Crippen LogP contribution in [-0.4, -0.2) is 22.8 Å². The van der Waals surface area contributed by atoms with Gasteiger partial charge in [0, 0.05) is 23.4 Å². The first-order chi connectivity index (χ1) is 12.3.